The molecule has 14 heteroatoms. The lowest BCUT2D eigenvalue weighted by atomic mass is 9.97. The van der Waals surface area contributed by atoms with Crippen molar-refractivity contribution in [3.05, 3.63) is 12.2 Å². The Balaban J connectivity index is 1.85. The molecule has 0 saturated carbocycles. The van der Waals surface area contributed by atoms with E-state index in [1.54, 1.807) is 0 Å². The van der Waals surface area contributed by atoms with Crippen molar-refractivity contribution >= 4 is 5.91 Å². The maximum atomic E-state index is 13.1. The Morgan fingerprint density at radius 3 is 1.64 bits per heavy atom. The molecule has 0 bridgehead atoms. The SMILES string of the molecule is CCCCCCCCC/C=C\CCCCCCCC(=O)NC(COC1OC(CO)C(OC2OC(CO)C(O)C(O)C2O)C(O)C1O)C(O)CCCCCCCCCC. The molecule has 0 aromatic rings. The third-order valence-electron chi connectivity index (χ3n) is 11.5. The number of hydrogen-bond donors (Lipinski definition) is 9. The van der Waals surface area contributed by atoms with Crippen LogP contribution in [0.2, 0.25) is 0 Å². The molecule has 0 spiro atoms. The zero-order valence-electron chi connectivity index (χ0n) is 35.8. The summed E-state index contributed by atoms with van der Waals surface area (Å²) in [5.74, 6) is -0.219. The summed E-state index contributed by atoms with van der Waals surface area (Å²) in [5, 5.41) is 86.4. The van der Waals surface area contributed by atoms with E-state index in [0.717, 1.165) is 64.2 Å². The molecule has 9 N–H and O–H groups in total. The van der Waals surface area contributed by atoms with Crippen LogP contribution < -0.4 is 5.32 Å². The lowest BCUT2D eigenvalue weighted by molar-refractivity contribution is -0.359. The number of carbonyl (C=O) groups excluding carboxylic acids is 1. The van der Waals surface area contributed by atoms with Gasteiger partial charge in [0, 0.05) is 6.42 Å². The Hall–Kier alpha value is -1.27. The summed E-state index contributed by atoms with van der Waals surface area (Å²) in [6.07, 6.45) is 13.8. The van der Waals surface area contributed by atoms with E-state index in [-0.39, 0.29) is 12.5 Å². The van der Waals surface area contributed by atoms with Crippen molar-refractivity contribution < 1.29 is 64.6 Å². The van der Waals surface area contributed by atoms with Crippen LogP contribution in [0, 0.1) is 0 Å². The van der Waals surface area contributed by atoms with Crippen LogP contribution in [0.5, 0.6) is 0 Å². The molecule has 0 radical (unpaired) electrons. The van der Waals surface area contributed by atoms with Crippen LogP contribution >= 0.6 is 0 Å². The monoisotopic (exact) mass is 834 g/mol. The van der Waals surface area contributed by atoms with Crippen LogP contribution in [0.3, 0.4) is 0 Å². The van der Waals surface area contributed by atoms with Gasteiger partial charge in [-0.2, -0.15) is 0 Å². The molecule has 0 aromatic carbocycles. The highest BCUT2D eigenvalue weighted by Crippen LogP contribution is 2.30. The quantitative estimate of drug-likeness (QED) is 0.0324. The molecule has 2 rings (SSSR count). The zero-order valence-corrected chi connectivity index (χ0v) is 35.8. The van der Waals surface area contributed by atoms with Crippen LogP contribution in [0.4, 0.5) is 0 Å². The van der Waals surface area contributed by atoms with Gasteiger partial charge in [0.05, 0.1) is 32.0 Å². The fourth-order valence-corrected chi connectivity index (χ4v) is 7.64. The Kier molecular flexibility index (Phi) is 29.6. The van der Waals surface area contributed by atoms with Crippen LogP contribution in [0.1, 0.15) is 168 Å². The number of rotatable bonds is 34. The second-order valence-electron chi connectivity index (χ2n) is 16.5. The summed E-state index contributed by atoms with van der Waals surface area (Å²) in [6, 6.07) is -0.825. The predicted octanol–water partition coefficient (Wildman–Crippen LogP) is 4.43. The molecule has 12 unspecified atom stereocenters. The molecule has 2 aliphatic heterocycles. The smallest absolute Gasteiger partial charge is 0.220 e. The van der Waals surface area contributed by atoms with Crippen LogP contribution in [-0.2, 0) is 23.7 Å². The maximum absolute atomic E-state index is 13.1. The predicted molar refractivity (Wildman–Crippen MR) is 222 cm³/mol. The molecule has 2 saturated heterocycles. The molecule has 2 heterocycles. The number of ether oxygens (including phenoxy) is 4. The summed E-state index contributed by atoms with van der Waals surface area (Å²) >= 11 is 0. The first-order valence-electron chi connectivity index (χ1n) is 22.9. The van der Waals surface area contributed by atoms with Crippen molar-refractivity contribution in [1.29, 1.82) is 0 Å². The molecular weight excluding hydrogens is 750 g/mol. The highest BCUT2D eigenvalue weighted by atomic mass is 16.7. The lowest BCUT2D eigenvalue weighted by Gasteiger charge is -2.46. The minimum absolute atomic E-state index is 0.219. The number of hydrogen-bond acceptors (Lipinski definition) is 13. The van der Waals surface area contributed by atoms with Crippen molar-refractivity contribution in [1.82, 2.24) is 5.32 Å². The van der Waals surface area contributed by atoms with Gasteiger partial charge in [0.2, 0.25) is 5.91 Å². The van der Waals surface area contributed by atoms with Gasteiger partial charge >= 0.3 is 0 Å². The van der Waals surface area contributed by atoms with E-state index in [0.29, 0.717) is 19.3 Å². The van der Waals surface area contributed by atoms with Gasteiger partial charge in [-0.15, -0.1) is 0 Å². The van der Waals surface area contributed by atoms with Crippen LogP contribution in [0.15, 0.2) is 12.2 Å². The van der Waals surface area contributed by atoms with E-state index < -0.39 is 86.8 Å². The molecule has 2 fully saturated rings. The number of allylic oxidation sites excluding steroid dienone is 2. The van der Waals surface area contributed by atoms with Gasteiger partial charge in [-0.05, 0) is 38.5 Å². The highest BCUT2D eigenvalue weighted by molar-refractivity contribution is 5.76. The minimum Gasteiger partial charge on any atom is -0.394 e. The normalized spacial score (nSPS) is 28.9. The molecule has 14 nitrogen and oxygen atoms in total. The van der Waals surface area contributed by atoms with Gasteiger partial charge in [0.1, 0.15) is 48.8 Å². The number of unbranched alkanes of at least 4 members (excludes halogenated alkanes) is 19. The van der Waals surface area contributed by atoms with Crippen molar-refractivity contribution in [3.63, 3.8) is 0 Å². The Morgan fingerprint density at radius 1 is 0.603 bits per heavy atom. The average molecular weight is 834 g/mol. The van der Waals surface area contributed by atoms with Crippen molar-refractivity contribution in [2.75, 3.05) is 19.8 Å². The standard InChI is InChI=1S/C44H83NO13/c1-3-5-7-9-11-13-14-15-16-17-18-19-20-22-24-26-28-36(49)45-32(33(48)27-25-23-21-12-10-8-6-4-2)31-55-43-41(54)39(52)42(35(30-47)57-43)58-44-40(53)38(51)37(50)34(29-46)56-44/h16-17,32-35,37-44,46-48,50-54H,3-15,18-31H2,1-2H3,(H,45,49)/b17-16-. The van der Waals surface area contributed by atoms with Gasteiger partial charge < -0.3 is 65.1 Å². The summed E-state index contributed by atoms with van der Waals surface area (Å²) in [5.41, 5.74) is 0. The average Bonchev–Trinajstić information content (AvgIpc) is 3.22. The zero-order chi connectivity index (χ0) is 42.5. The largest absolute Gasteiger partial charge is 0.394 e. The third kappa shape index (κ3) is 20.5. The molecule has 1 amide bonds. The molecule has 342 valence electrons. The van der Waals surface area contributed by atoms with E-state index in [1.807, 2.05) is 0 Å². The van der Waals surface area contributed by atoms with E-state index in [4.69, 9.17) is 18.9 Å². The topological polar surface area (TPSA) is 228 Å². The van der Waals surface area contributed by atoms with Crippen LogP contribution in [0.25, 0.3) is 0 Å². The Labute approximate surface area is 348 Å². The van der Waals surface area contributed by atoms with Crippen molar-refractivity contribution in [3.8, 4) is 0 Å². The van der Waals surface area contributed by atoms with Gasteiger partial charge in [-0.3, -0.25) is 4.79 Å². The first-order chi connectivity index (χ1) is 28.1. The van der Waals surface area contributed by atoms with E-state index in [9.17, 15) is 45.6 Å². The maximum Gasteiger partial charge on any atom is 0.220 e. The molecule has 2 aliphatic rings. The number of amides is 1. The fraction of sp³-hybridized carbons (Fsp3) is 0.932. The van der Waals surface area contributed by atoms with Crippen LogP contribution in [-0.4, -0.2) is 140 Å². The van der Waals surface area contributed by atoms with Gasteiger partial charge in [-0.1, -0.05) is 135 Å². The van der Waals surface area contributed by atoms with E-state index in [2.05, 4.69) is 31.3 Å². The van der Waals surface area contributed by atoms with Gasteiger partial charge in [-0.25, -0.2) is 0 Å². The summed E-state index contributed by atoms with van der Waals surface area (Å²) < 4.78 is 22.6. The highest BCUT2D eigenvalue weighted by Gasteiger charge is 2.51. The summed E-state index contributed by atoms with van der Waals surface area (Å²) in [4.78, 5) is 13.1. The molecular formula is C44H83NO13. The minimum atomic E-state index is -1.78. The molecule has 58 heavy (non-hydrogen) atoms. The second-order valence-corrected chi connectivity index (χ2v) is 16.5. The second kappa shape index (κ2) is 32.4. The van der Waals surface area contributed by atoms with E-state index in [1.165, 1.54) is 70.6 Å². The first kappa shape index (κ1) is 52.9. The van der Waals surface area contributed by atoms with E-state index >= 15 is 0 Å². The molecule has 12 atom stereocenters. The Morgan fingerprint density at radius 2 is 1.09 bits per heavy atom. The number of aliphatic hydroxyl groups excluding tert-OH is 8. The van der Waals surface area contributed by atoms with Crippen molar-refractivity contribution in [2.45, 2.75) is 242 Å². The fourth-order valence-electron chi connectivity index (χ4n) is 7.64. The molecule has 0 aromatic heterocycles. The number of aliphatic hydroxyl groups is 8. The third-order valence-corrected chi connectivity index (χ3v) is 11.5. The van der Waals surface area contributed by atoms with Crippen molar-refractivity contribution in [2.24, 2.45) is 0 Å². The summed E-state index contributed by atoms with van der Waals surface area (Å²) in [6.45, 7) is 2.78. The first-order valence-corrected chi connectivity index (χ1v) is 22.9. The lowest BCUT2D eigenvalue weighted by Crippen LogP contribution is -2.65. The number of carbonyl (C=O) groups is 1. The number of nitrogens with one attached hydrogen (secondary N) is 1. The summed E-state index contributed by atoms with van der Waals surface area (Å²) in [7, 11) is 0. The molecule has 0 aliphatic carbocycles. The van der Waals surface area contributed by atoms with Gasteiger partial charge in [0.15, 0.2) is 12.6 Å². The Bertz CT molecular complexity index is 1040. The van der Waals surface area contributed by atoms with Gasteiger partial charge in [0.25, 0.3) is 0 Å².